The van der Waals surface area contributed by atoms with Crippen LogP contribution in [-0.2, 0) is 16.0 Å². The summed E-state index contributed by atoms with van der Waals surface area (Å²) in [5.41, 5.74) is 2.19. The van der Waals surface area contributed by atoms with Crippen LogP contribution in [-0.4, -0.2) is 49.1 Å². The first-order valence-corrected chi connectivity index (χ1v) is 10.3. The summed E-state index contributed by atoms with van der Waals surface area (Å²) in [7, 11) is 3.06. The Hall–Kier alpha value is -3.48. The van der Waals surface area contributed by atoms with Gasteiger partial charge < -0.3 is 24.2 Å². The molecule has 1 saturated heterocycles. The van der Waals surface area contributed by atoms with Crippen LogP contribution in [0.15, 0.2) is 42.0 Å². The van der Waals surface area contributed by atoms with Gasteiger partial charge in [-0.05, 0) is 47.9 Å². The standard InChI is InChI=1S/C24H25NO6/c1-4-10-25-21(15-5-8-18(29-2)19(13-15)30-3)20(23(27)24(25)28)22(26)16-6-7-17-14(12-16)9-11-31-17/h5-8,12-13,21,26H,4,9-11H2,1-3H3/b22-20+. The molecule has 1 N–H and O–H groups in total. The first kappa shape index (κ1) is 20.8. The third-order valence-corrected chi connectivity index (χ3v) is 5.69. The molecule has 7 heteroatoms. The summed E-state index contributed by atoms with van der Waals surface area (Å²) in [4.78, 5) is 27.4. The van der Waals surface area contributed by atoms with Crippen LogP contribution >= 0.6 is 0 Å². The Balaban J connectivity index is 1.87. The van der Waals surface area contributed by atoms with Gasteiger partial charge in [0.1, 0.15) is 11.5 Å². The molecule has 2 aromatic carbocycles. The van der Waals surface area contributed by atoms with Crippen LogP contribution in [0.25, 0.3) is 5.76 Å². The first-order valence-electron chi connectivity index (χ1n) is 10.3. The van der Waals surface area contributed by atoms with E-state index in [9.17, 15) is 14.7 Å². The van der Waals surface area contributed by atoms with Crippen molar-refractivity contribution >= 4 is 17.4 Å². The van der Waals surface area contributed by atoms with Gasteiger partial charge in [0.15, 0.2) is 11.5 Å². The van der Waals surface area contributed by atoms with Crippen LogP contribution in [0.5, 0.6) is 17.2 Å². The summed E-state index contributed by atoms with van der Waals surface area (Å²) in [5.74, 6) is 0.301. The van der Waals surface area contributed by atoms with Crippen molar-refractivity contribution in [2.45, 2.75) is 25.8 Å². The Kier molecular flexibility index (Phi) is 5.59. The highest BCUT2D eigenvalue weighted by molar-refractivity contribution is 6.46. The largest absolute Gasteiger partial charge is 0.507 e. The van der Waals surface area contributed by atoms with E-state index < -0.39 is 17.7 Å². The fraction of sp³-hybridized carbons (Fsp3) is 0.333. The van der Waals surface area contributed by atoms with Crippen LogP contribution < -0.4 is 14.2 Å². The molecule has 1 atom stereocenters. The third kappa shape index (κ3) is 3.50. The quantitative estimate of drug-likeness (QED) is 0.435. The van der Waals surface area contributed by atoms with E-state index in [0.717, 1.165) is 17.7 Å². The number of aliphatic hydroxyl groups excluding tert-OH is 1. The van der Waals surface area contributed by atoms with Crippen molar-refractivity contribution in [2.75, 3.05) is 27.4 Å². The van der Waals surface area contributed by atoms with Crippen LogP contribution in [0.2, 0.25) is 0 Å². The number of methoxy groups -OCH3 is 2. The fourth-order valence-electron chi connectivity index (χ4n) is 4.21. The smallest absolute Gasteiger partial charge is 0.295 e. The van der Waals surface area contributed by atoms with Crippen molar-refractivity contribution in [3.05, 3.63) is 58.7 Å². The molecular formula is C24H25NO6. The molecule has 2 aliphatic rings. The highest BCUT2D eigenvalue weighted by Crippen LogP contribution is 2.42. The minimum atomic E-state index is -0.718. The summed E-state index contributed by atoms with van der Waals surface area (Å²) in [5, 5.41) is 11.2. The second-order valence-corrected chi connectivity index (χ2v) is 7.53. The van der Waals surface area contributed by atoms with E-state index in [-0.39, 0.29) is 11.3 Å². The summed E-state index contributed by atoms with van der Waals surface area (Å²) >= 11 is 0. The molecule has 0 aliphatic carbocycles. The van der Waals surface area contributed by atoms with E-state index in [1.165, 1.54) is 19.1 Å². The van der Waals surface area contributed by atoms with E-state index in [1.54, 1.807) is 30.3 Å². The number of benzene rings is 2. The van der Waals surface area contributed by atoms with Crippen LogP contribution in [0.1, 0.15) is 36.1 Å². The maximum absolute atomic E-state index is 13.0. The summed E-state index contributed by atoms with van der Waals surface area (Å²) < 4.78 is 16.3. The number of ether oxygens (including phenoxy) is 3. The number of hydrogen-bond acceptors (Lipinski definition) is 6. The van der Waals surface area contributed by atoms with E-state index in [4.69, 9.17) is 14.2 Å². The molecule has 2 aromatic rings. The lowest BCUT2D eigenvalue weighted by Gasteiger charge is -2.25. The first-order chi connectivity index (χ1) is 15.0. The zero-order valence-electron chi connectivity index (χ0n) is 17.8. The second kappa shape index (κ2) is 8.34. The molecule has 7 nitrogen and oxygen atoms in total. The number of rotatable bonds is 6. The molecule has 0 spiro atoms. The number of carbonyl (C=O) groups excluding carboxylic acids is 2. The average molecular weight is 423 g/mol. The Morgan fingerprint density at radius 3 is 2.61 bits per heavy atom. The number of likely N-dealkylation sites (tertiary alicyclic amines) is 1. The molecule has 0 aromatic heterocycles. The Morgan fingerprint density at radius 2 is 1.90 bits per heavy atom. The van der Waals surface area contributed by atoms with Crippen molar-refractivity contribution in [1.29, 1.82) is 0 Å². The molecule has 4 rings (SSSR count). The van der Waals surface area contributed by atoms with E-state index in [2.05, 4.69) is 0 Å². The fourth-order valence-corrected chi connectivity index (χ4v) is 4.21. The predicted molar refractivity (Wildman–Crippen MR) is 114 cm³/mol. The molecule has 0 bridgehead atoms. The molecule has 1 unspecified atom stereocenters. The Bertz CT molecular complexity index is 1070. The zero-order chi connectivity index (χ0) is 22.1. The van der Waals surface area contributed by atoms with Crippen LogP contribution in [0.4, 0.5) is 0 Å². The van der Waals surface area contributed by atoms with Crippen molar-refractivity contribution in [2.24, 2.45) is 0 Å². The van der Waals surface area contributed by atoms with Crippen molar-refractivity contribution in [3.8, 4) is 17.2 Å². The number of nitrogens with zero attached hydrogens (tertiary/aromatic N) is 1. The van der Waals surface area contributed by atoms with Crippen LogP contribution in [0.3, 0.4) is 0 Å². The number of amides is 1. The van der Waals surface area contributed by atoms with Gasteiger partial charge in [-0.1, -0.05) is 13.0 Å². The number of fused-ring (bicyclic) bond motifs is 1. The highest BCUT2D eigenvalue weighted by atomic mass is 16.5. The van der Waals surface area contributed by atoms with Gasteiger partial charge in [0, 0.05) is 18.5 Å². The SMILES string of the molecule is CCCN1C(=O)C(=O)/C(=C(/O)c2ccc3c(c2)CCO3)C1c1ccc(OC)c(OC)c1. The maximum Gasteiger partial charge on any atom is 0.295 e. The van der Waals surface area contributed by atoms with Crippen molar-refractivity contribution in [1.82, 2.24) is 4.90 Å². The molecule has 1 amide bonds. The van der Waals surface area contributed by atoms with Gasteiger partial charge in [-0.15, -0.1) is 0 Å². The van der Waals surface area contributed by atoms with E-state index in [1.807, 2.05) is 13.0 Å². The summed E-state index contributed by atoms with van der Waals surface area (Å²) in [6.07, 6.45) is 1.41. The van der Waals surface area contributed by atoms with E-state index >= 15 is 0 Å². The lowest BCUT2D eigenvalue weighted by atomic mass is 9.94. The molecule has 0 saturated carbocycles. The van der Waals surface area contributed by atoms with E-state index in [0.29, 0.717) is 42.2 Å². The summed E-state index contributed by atoms with van der Waals surface area (Å²) in [6, 6.07) is 9.84. The monoisotopic (exact) mass is 423 g/mol. The van der Waals surface area contributed by atoms with Crippen molar-refractivity contribution in [3.63, 3.8) is 0 Å². The lowest BCUT2D eigenvalue weighted by molar-refractivity contribution is -0.139. The minimum Gasteiger partial charge on any atom is -0.507 e. The number of aliphatic hydroxyl groups is 1. The minimum absolute atomic E-state index is 0.0736. The molecule has 2 aliphatic heterocycles. The topological polar surface area (TPSA) is 85.3 Å². The normalized spacial score (nSPS) is 19.3. The summed E-state index contributed by atoms with van der Waals surface area (Å²) in [6.45, 7) is 2.91. The van der Waals surface area contributed by atoms with Gasteiger partial charge in [-0.2, -0.15) is 0 Å². The number of ketones is 1. The number of hydrogen-bond donors (Lipinski definition) is 1. The van der Waals surface area contributed by atoms with Crippen molar-refractivity contribution < 1.29 is 28.9 Å². The third-order valence-electron chi connectivity index (χ3n) is 5.69. The van der Waals surface area contributed by atoms with Gasteiger partial charge >= 0.3 is 0 Å². The number of carbonyl (C=O) groups is 2. The molecular weight excluding hydrogens is 398 g/mol. The van der Waals surface area contributed by atoms with Crippen LogP contribution in [0, 0.1) is 0 Å². The zero-order valence-corrected chi connectivity index (χ0v) is 17.8. The average Bonchev–Trinajstić information content (AvgIpc) is 3.36. The Morgan fingerprint density at radius 1 is 1.13 bits per heavy atom. The molecule has 31 heavy (non-hydrogen) atoms. The molecule has 162 valence electrons. The van der Waals surface area contributed by atoms with Gasteiger partial charge in [0.25, 0.3) is 11.7 Å². The highest BCUT2D eigenvalue weighted by Gasteiger charge is 2.46. The predicted octanol–water partition coefficient (Wildman–Crippen LogP) is 3.47. The van der Waals surface area contributed by atoms with Gasteiger partial charge in [-0.25, -0.2) is 0 Å². The molecule has 1 fully saturated rings. The lowest BCUT2D eigenvalue weighted by Crippen LogP contribution is -2.30. The second-order valence-electron chi connectivity index (χ2n) is 7.53. The van der Waals surface area contributed by atoms with Gasteiger partial charge in [-0.3, -0.25) is 9.59 Å². The molecule has 2 heterocycles. The number of Topliss-reactive ketones (excluding diaryl/α,β-unsaturated/α-hetero) is 1. The van der Waals surface area contributed by atoms with Gasteiger partial charge in [0.2, 0.25) is 0 Å². The maximum atomic E-state index is 13.0. The Labute approximate surface area is 180 Å². The van der Waals surface area contributed by atoms with Gasteiger partial charge in [0.05, 0.1) is 32.4 Å². The molecule has 0 radical (unpaired) electrons.